The second kappa shape index (κ2) is 10.3. The molecule has 0 aliphatic carbocycles. The van der Waals surface area contributed by atoms with Crippen molar-refractivity contribution in [2.24, 2.45) is 0 Å². The quantitative estimate of drug-likeness (QED) is 0.517. The molecule has 1 aliphatic heterocycles. The molecule has 0 radical (unpaired) electrons. The molecule has 1 amide bonds. The van der Waals surface area contributed by atoms with Gasteiger partial charge in [0.05, 0.1) is 19.8 Å². The number of hydrogen-bond donors (Lipinski definition) is 0. The Morgan fingerprint density at radius 3 is 2.58 bits per heavy atom. The third-order valence-electron chi connectivity index (χ3n) is 5.04. The highest BCUT2D eigenvalue weighted by Crippen LogP contribution is 2.20. The first-order chi connectivity index (χ1) is 15.1. The SMILES string of the molecule is O=C(c1csc(CN(Cc2ccc(F)cc2)Cc2cccc(Cl)c2)n1)N1CCOCC1. The van der Waals surface area contributed by atoms with Crippen LogP contribution in [0.2, 0.25) is 5.02 Å². The Balaban J connectivity index is 1.49. The van der Waals surface area contributed by atoms with E-state index in [1.54, 1.807) is 17.0 Å². The van der Waals surface area contributed by atoms with Gasteiger partial charge in [-0.3, -0.25) is 9.69 Å². The molecule has 1 aromatic heterocycles. The smallest absolute Gasteiger partial charge is 0.273 e. The fourth-order valence-corrected chi connectivity index (χ4v) is 4.53. The molecule has 0 unspecified atom stereocenters. The van der Waals surface area contributed by atoms with Gasteiger partial charge in [-0.2, -0.15) is 0 Å². The fourth-order valence-electron chi connectivity index (χ4n) is 3.51. The van der Waals surface area contributed by atoms with E-state index in [1.165, 1.54) is 23.5 Å². The van der Waals surface area contributed by atoms with E-state index in [-0.39, 0.29) is 11.7 Å². The van der Waals surface area contributed by atoms with Gasteiger partial charge in [0, 0.05) is 36.6 Å². The van der Waals surface area contributed by atoms with E-state index in [9.17, 15) is 9.18 Å². The van der Waals surface area contributed by atoms with Crippen LogP contribution in [0, 0.1) is 5.82 Å². The van der Waals surface area contributed by atoms with Crippen molar-refractivity contribution in [1.82, 2.24) is 14.8 Å². The van der Waals surface area contributed by atoms with Gasteiger partial charge in [-0.1, -0.05) is 35.9 Å². The summed E-state index contributed by atoms with van der Waals surface area (Å²) in [5.41, 5.74) is 2.56. The van der Waals surface area contributed by atoms with Crippen molar-refractivity contribution in [2.45, 2.75) is 19.6 Å². The van der Waals surface area contributed by atoms with E-state index in [0.717, 1.165) is 16.1 Å². The van der Waals surface area contributed by atoms with Crippen LogP contribution < -0.4 is 0 Å². The summed E-state index contributed by atoms with van der Waals surface area (Å²) in [5, 5.41) is 3.37. The van der Waals surface area contributed by atoms with Crippen molar-refractivity contribution in [2.75, 3.05) is 26.3 Å². The third-order valence-corrected chi connectivity index (χ3v) is 6.11. The van der Waals surface area contributed by atoms with Crippen molar-refractivity contribution >= 4 is 28.8 Å². The van der Waals surface area contributed by atoms with Crippen LogP contribution in [0.15, 0.2) is 53.9 Å². The summed E-state index contributed by atoms with van der Waals surface area (Å²) in [4.78, 5) is 21.3. The molecular weight excluding hydrogens is 437 g/mol. The lowest BCUT2D eigenvalue weighted by Crippen LogP contribution is -2.40. The van der Waals surface area contributed by atoms with Gasteiger partial charge in [0.15, 0.2) is 0 Å². The third kappa shape index (κ3) is 6.11. The number of morpholine rings is 1. The molecule has 1 saturated heterocycles. The lowest BCUT2D eigenvalue weighted by atomic mass is 10.1. The standard InChI is InChI=1S/C23H23ClFN3O2S/c24-19-3-1-2-18(12-19)14-27(13-17-4-6-20(25)7-5-17)15-22-26-21(16-31-22)23(29)28-8-10-30-11-9-28/h1-7,12,16H,8-11,13-15H2. The minimum absolute atomic E-state index is 0.0503. The number of halogens is 2. The summed E-state index contributed by atoms with van der Waals surface area (Å²) in [5.74, 6) is -0.304. The molecule has 5 nitrogen and oxygen atoms in total. The van der Waals surface area contributed by atoms with Crippen LogP contribution in [0.1, 0.15) is 26.6 Å². The van der Waals surface area contributed by atoms with Crippen LogP contribution in [0.3, 0.4) is 0 Å². The maximum atomic E-state index is 13.3. The molecule has 0 spiro atoms. The van der Waals surface area contributed by atoms with E-state index in [0.29, 0.717) is 56.7 Å². The van der Waals surface area contributed by atoms with Gasteiger partial charge in [-0.15, -0.1) is 11.3 Å². The molecule has 0 atom stereocenters. The highest BCUT2D eigenvalue weighted by Gasteiger charge is 2.21. The number of hydrogen-bond acceptors (Lipinski definition) is 5. The minimum Gasteiger partial charge on any atom is -0.378 e. The van der Waals surface area contributed by atoms with Crippen LogP contribution in [0.4, 0.5) is 4.39 Å². The summed E-state index contributed by atoms with van der Waals surface area (Å²) in [6.07, 6.45) is 0. The first-order valence-corrected chi connectivity index (χ1v) is 11.4. The Morgan fingerprint density at radius 1 is 1.10 bits per heavy atom. The molecule has 2 heterocycles. The minimum atomic E-state index is -0.253. The Morgan fingerprint density at radius 2 is 1.84 bits per heavy atom. The number of nitrogens with zero attached hydrogens (tertiary/aromatic N) is 3. The lowest BCUT2D eigenvalue weighted by molar-refractivity contribution is 0.0299. The maximum absolute atomic E-state index is 13.3. The largest absolute Gasteiger partial charge is 0.378 e. The number of benzene rings is 2. The van der Waals surface area contributed by atoms with Crippen molar-refractivity contribution < 1.29 is 13.9 Å². The average molecular weight is 460 g/mol. The van der Waals surface area contributed by atoms with Gasteiger partial charge in [0.1, 0.15) is 16.5 Å². The monoisotopic (exact) mass is 459 g/mol. The van der Waals surface area contributed by atoms with Gasteiger partial charge in [0.2, 0.25) is 0 Å². The maximum Gasteiger partial charge on any atom is 0.273 e. The molecule has 3 aromatic rings. The van der Waals surface area contributed by atoms with Gasteiger partial charge >= 0.3 is 0 Å². The molecule has 162 valence electrons. The number of aromatic nitrogens is 1. The van der Waals surface area contributed by atoms with Gasteiger partial charge < -0.3 is 9.64 Å². The van der Waals surface area contributed by atoms with E-state index in [4.69, 9.17) is 16.3 Å². The van der Waals surface area contributed by atoms with Crippen LogP contribution >= 0.6 is 22.9 Å². The first kappa shape index (κ1) is 21.9. The number of ether oxygens (including phenoxy) is 1. The molecule has 0 N–H and O–H groups in total. The average Bonchev–Trinajstić information content (AvgIpc) is 3.24. The van der Waals surface area contributed by atoms with Gasteiger partial charge in [-0.25, -0.2) is 9.37 Å². The zero-order valence-corrected chi connectivity index (χ0v) is 18.5. The highest BCUT2D eigenvalue weighted by molar-refractivity contribution is 7.09. The molecule has 1 fully saturated rings. The van der Waals surface area contributed by atoms with Crippen molar-refractivity contribution in [3.63, 3.8) is 0 Å². The molecular formula is C23H23ClFN3O2S. The topological polar surface area (TPSA) is 45.7 Å². The van der Waals surface area contributed by atoms with Crippen molar-refractivity contribution in [3.05, 3.63) is 86.6 Å². The zero-order chi connectivity index (χ0) is 21.6. The molecule has 0 bridgehead atoms. The number of amides is 1. The number of rotatable bonds is 7. The second-order valence-electron chi connectivity index (χ2n) is 7.43. The molecule has 0 saturated carbocycles. The van der Waals surface area contributed by atoms with Gasteiger partial charge in [-0.05, 0) is 35.4 Å². The Kier molecular flexibility index (Phi) is 7.29. The molecule has 1 aliphatic rings. The van der Waals surface area contributed by atoms with Crippen molar-refractivity contribution in [3.8, 4) is 0 Å². The molecule has 2 aromatic carbocycles. The lowest BCUT2D eigenvalue weighted by Gasteiger charge is -2.26. The number of thiazole rings is 1. The predicted molar refractivity (Wildman–Crippen MR) is 120 cm³/mol. The second-order valence-corrected chi connectivity index (χ2v) is 8.81. The summed E-state index contributed by atoms with van der Waals surface area (Å²) in [7, 11) is 0. The highest BCUT2D eigenvalue weighted by atomic mass is 35.5. The van der Waals surface area contributed by atoms with Crippen molar-refractivity contribution in [1.29, 1.82) is 0 Å². The fraction of sp³-hybridized carbons (Fsp3) is 0.304. The normalized spacial score (nSPS) is 14.2. The summed E-state index contributed by atoms with van der Waals surface area (Å²) in [6.45, 7) is 4.17. The molecule has 4 rings (SSSR count). The number of carbonyl (C=O) groups is 1. The van der Waals surface area contributed by atoms with E-state index < -0.39 is 0 Å². The van der Waals surface area contributed by atoms with E-state index >= 15 is 0 Å². The Bertz CT molecular complexity index is 1020. The first-order valence-electron chi connectivity index (χ1n) is 10.1. The van der Waals surface area contributed by atoms with Crippen LogP contribution in [0.5, 0.6) is 0 Å². The summed E-state index contributed by atoms with van der Waals surface area (Å²) >= 11 is 7.64. The van der Waals surface area contributed by atoms with Crippen LogP contribution in [-0.2, 0) is 24.4 Å². The van der Waals surface area contributed by atoms with Gasteiger partial charge in [0.25, 0.3) is 5.91 Å². The molecule has 8 heteroatoms. The number of carbonyl (C=O) groups excluding carboxylic acids is 1. The Hall–Kier alpha value is -2.32. The van der Waals surface area contributed by atoms with Crippen LogP contribution in [-0.4, -0.2) is 47.0 Å². The van der Waals surface area contributed by atoms with E-state index in [1.807, 2.05) is 29.6 Å². The Labute approximate surface area is 190 Å². The van der Waals surface area contributed by atoms with Crippen LogP contribution in [0.25, 0.3) is 0 Å². The zero-order valence-electron chi connectivity index (χ0n) is 17.0. The van der Waals surface area contributed by atoms with E-state index in [2.05, 4.69) is 9.88 Å². The summed E-state index contributed by atoms with van der Waals surface area (Å²) in [6, 6.07) is 14.2. The summed E-state index contributed by atoms with van der Waals surface area (Å²) < 4.78 is 18.6. The predicted octanol–water partition coefficient (Wildman–Crippen LogP) is 4.61. The molecule has 31 heavy (non-hydrogen) atoms.